The molecule has 0 spiro atoms. The number of morpholine rings is 1. The van der Waals surface area contributed by atoms with E-state index in [1.807, 2.05) is 6.92 Å². The largest absolute Gasteiger partial charge is 0.490 e. The smallest absolute Gasteiger partial charge is 0.292 e. The number of halogens is 2. The number of carbonyl (C=O) groups is 1. The van der Waals surface area contributed by atoms with E-state index in [2.05, 4.69) is 36.1 Å². The fourth-order valence-electron chi connectivity index (χ4n) is 4.13. The third-order valence-corrected chi connectivity index (χ3v) is 6.92. The van der Waals surface area contributed by atoms with Crippen LogP contribution in [0.2, 0.25) is 10.0 Å². The Morgan fingerprint density at radius 2 is 1.93 bits per heavy atom. The summed E-state index contributed by atoms with van der Waals surface area (Å²) in [6.07, 6.45) is 1.47. The lowest BCUT2D eigenvalue weighted by Gasteiger charge is -2.25. The normalized spacial score (nSPS) is 13.9. The van der Waals surface area contributed by atoms with Gasteiger partial charge >= 0.3 is 0 Å². The average molecular weight is 616 g/mol. The topological polar surface area (TPSA) is 168 Å². The summed E-state index contributed by atoms with van der Waals surface area (Å²) in [5.74, 6) is 0.400. The second-order valence-electron chi connectivity index (χ2n) is 8.99. The van der Waals surface area contributed by atoms with Crippen LogP contribution in [-0.4, -0.2) is 75.2 Å². The Kier molecular flexibility index (Phi) is 9.48. The highest BCUT2D eigenvalue weighted by Crippen LogP contribution is 2.31. The molecule has 1 fully saturated rings. The van der Waals surface area contributed by atoms with Crippen LogP contribution in [0.15, 0.2) is 46.1 Å². The number of hydrogen-bond acceptors (Lipinski definition) is 12. The van der Waals surface area contributed by atoms with E-state index in [1.54, 1.807) is 36.4 Å². The van der Waals surface area contributed by atoms with Gasteiger partial charge in [-0.2, -0.15) is 9.78 Å². The van der Waals surface area contributed by atoms with Gasteiger partial charge in [-0.25, -0.2) is 10.1 Å². The number of benzene rings is 2. The molecule has 0 atom stereocenters. The van der Waals surface area contributed by atoms with E-state index >= 15 is 0 Å². The molecular formula is C26H27Cl2N9O5. The quantitative estimate of drug-likeness (QED) is 0.188. The Morgan fingerprint density at radius 3 is 2.64 bits per heavy atom. The first-order valence-corrected chi connectivity index (χ1v) is 13.7. The molecule has 0 aliphatic carbocycles. The van der Waals surface area contributed by atoms with E-state index in [1.165, 1.54) is 10.9 Å². The minimum atomic E-state index is -0.580. The highest BCUT2D eigenvalue weighted by Gasteiger charge is 2.26. The summed E-state index contributed by atoms with van der Waals surface area (Å²) in [6.45, 7) is 5.33. The molecule has 14 nitrogen and oxygen atoms in total. The lowest BCUT2D eigenvalue weighted by molar-refractivity contribution is 0.0335. The Hall–Kier alpha value is -4.24. The van der Waals surface area contributed by atoms with Gasteiger partial charge in [-0.1, -0.05) is 34.5 Å². The molecule has 0 radical (unpaired) electrons. The van der Waals surface area contributed by atoms with Crippen LogP contribution in [0, 0.1) is 0 Å². The predicted octanol–water partition coefficient (Wildman–Crippen LogP) is 3.11. The van der Waals surface area contributed by atoms with Gasteiger partial charge in [0.15, 0.2) is 17.2 Å². The van der Waals surface area contributed by atoms with Crippen molar-refractivity contribution in [3.8, 4) is 17.3 Å². The highest BCUT2D eigenvalue weighted by molar-refractivity contribution is 6.35. The number of rotatable bonds is 11. The van der Waals surface area contributed by atoms with Crippen molar-refractivity contribution in [2.45, 2.75) is 20.1 Å². The second kappa shape index (κ2) is 13.6. The lowest BCUT2D eigenvalue weighted by atomic mass is 10.2. The number of nitrogen functional groups attached to an aromatic ring is 1. The van der Waals surface area contributed by atoms with Gasteiger partial charge in [0, 0.05) is 35.2 Å². The molecule has 0 unspecified atom stereocenters. The summed E-state index contributed by atoms with van der Waals surface area (Å²) in [5, 5.41) is 20.7. The van der Waals surface area contributed by atoms with Gasteiger partial charge in [0.05, 0.1) is 26.0 Å². The van der Waals surface area contributed by atoms with Crippen molar-refractivity contribution in [3.63, 3.8) is 0 Å². The van der Waals surface area contributed by atoms with Crippen LogP contribution in [0.3, 0.4) is 0 Å². The monoisotopic (exact) mass is 615 g/mol. The van der Waals surface area contributed by atoms with E-state index in [-0.39, 0.29) is 23.9 Å². The lowest BCUT2D eigenvalue weighted by Crippen LogP contribution is -2.36. The van der Waals surface area contributed by atoms with Crippen LogP contribution >= 0.6 is 23.2 Å². The summed E-state index contributed by atoms with van der Waals surface area (Å²) >= 11 is 12.5. The second-order valence-corrected chi connectivity index (χ2v) is 9.80. The number of nitrogens with zero attached hydrogens (tertiary/aromatic N) is 7. The fraction of sp³-hybridized carbons (Fsp3) is 0.308. The van der Waals surface area contributed by atoms with Crippen molar-refractivity contribution < 1.29 is 23.6 Å². The van der Waals surface area contributed by atoms with Gasteiger partial charge in [-0.3, -0.25) is 9.69 Å². The van der Waals surface area contributed by atoms with Crippen molar-refractivity contribution in [2.75, 3.05) is 38.6 Å². The standard InChI is InChI=1S/C26H27Cl2N9O5/c1-2-40-22-12-16(6-7-21(22)41-15-17-18(27)4-3-5-19(17)28)13-30-32-26(38)23-20(14-36-8-10-39-11-9-36)31-35-37(23)25-24(29)33-42-34-25/h3-7,12-13H,2,8-11,14-15H2,1H3,(H2,29,33)(H,32,38)/b30-13-. The number of aromatic nitrogens is 5. The number of hydrazone groups is 1. The molecule has 0 bridgehead atoms. The molecule has 4 aromatic rings. The zero-order valence-corrected chi connectivity index (χ0v) is 24.0. The highest BCUT2D eigenvalue weighted by atomic mass is 35.5. The Labute approximate surface area is 250 Å². The number of hydrogen-bond donors (Lipinski definition) is 2. The number of amides is 1. The van der Waals surface area contributed by atoms with Gasteiger partial charge in [-0.15, -0.1) is 5.10 Å². The van der Waals surface area contributed by atoms with E-state index in [0.29, 0.717) is 77.8 Å². The minimum Gasteiger partial charge on any atom is -0.490 e. The van der Waals surface area contributed by atoms with Crippen molar-refractivity contribution >= 4 is 41.1 Å². The van der Waals surface area contributed by atoms with Gasteiger partial charge in [-0.05, 0) is 53.1 Å². The molecule has 2 aromatic heterocycles. The molecule has 1 amide bonds. The van der Waals surface area contributed by atoms with Gasteiger partial charge in [0.25, 0.3) is 5.91 Å². The first kappa shape index (κ1) is 29.3. The fourth-order valence-corrected chi connectivity index (χ4v) is 4.64. The maximum atomic E-state index is 13.3. The van der Waals surface area contributed by atoms with E-state index in [0.717, 1.165) is 0 Å². The van der Waals surface area contributed by atoms with Crippen molar-refractivity contribution in [3.05, 3.63) is 69.0 Å². The van der Waals surface area contributed by atoms with Crippen molar-refractivity contribution in [1.82, 2.24) is 35.6 Å². The van der Waals surface area contributed by atoms with Gasteiger partial charge in [0.1, 0.15) is 12.3 Å². The molecule has 2 aromatic carbocycles. The molecule has 16 heteroatoms. The van der Waals surface area contributed by atoms with E-state index in [4.69, 9.17) is 47.8 Å². The van der Waals surface area contributed by atoms with E-state index in [9.17, 15) is 4.79 Å². The summed E-state index contributed by atoms with van der Waals surface area (Å²) in [7, 11) is 0. The molecule has 3 heterocycles. The first-order valence-electron chi connectivity index (χ1n) is 12.9. The van der Waals surface area contributed by atoms with Crippen LogP contribution in [0.25, 0.3) is 5.82 Å². The minimum absolute atomic E-state index is 0.0416. The van der Waals surface area contributed by atoms with Crippen LogP contribution in [0.4, 0.5) is 5.82 Å². The molecule has 5 rings (SSSR count). The third-order valence-electron chi connectivity index (χ3n) is 6.21. The SMILES string of the molecule is CCOc1cc(/C=N\NC(=O)c2c(CN3CCOCC3)nnn2-c2nonc2N)ccc1OCc1c(Cl)cccc1Cl. The average Bonchev–Trinajstić information content (AvgIpc) is 3.60. The number of anilines is 1. The van der Waals surface area contributed by atoms with Crippen LogP contribution < -0.4 is 20.6 Å². The van der Waals surface area contributed by atoms with E-state index < -0.39 is 5.91 Å². The zero-order valence-electron chi connectivity index (χ0n) is 22.5. The summed E-state index contributed by atoms with van der Waals surface area (Å²) in [6, 6.07) is 10.5. The maximum absolute atomic E-state index is 13.3. The molecule has 42 heavy (non-hydrogen) atoms. The number of nitrogens with two attached hydrogens (primary N) is 1. The number of ether oxygens (including phenoxy) is 3. The summed E-state index contributed by atoms with van der Waals surface area (Å²) < 4.78 is 23.0. The zero-order chi connectivity index (χ0) is 29.5. The first-order chi connectivity index (χ1) is 20.4. The van der Waals surface area contributed by atoms with Gasteiger partial charge < -0.3 is 19.9 Å². The number of carbonyl (C=O) groups excluding carboxylic acids is 1. The number of nitrogens with one attached hydrogen (secondary N) is 1. The Morgan fingerprint density at radius 1 is 1.14 bits per heavy atom. The molecule has 1 aliphatic heterocycles. The molecule has 0 saturated carbocycles. The molecular weight excluding hydrogens is 589 g/mol. The Balaban J connectivity index is 1.32. The third kappa shape index (κ3) is 6.79. The molecule has 1 aliphatic rings. The van der Waals surface area contributed by atoms with Crippen LogP contribution in [-0.2, 0) is 17.9 Å². The predicted molar refractivity (Wildman–Crippen MR) is 153 cm³/mol. The molecule has 220 valence electrons. The summed E-state index contributed by atoms with van der Waals surface area (Å²) in [4.78, 5) is 15.4. The summed E-state index contributed by atoms with van der Waals surface area (Å²) in [5.41, 5.74) is 10.2. The van der Waals surface area contributed by atoms with Crippen molar-refractivity contribution in [1.29, 1.82) is 0 Å². The van der Waals surface area contributed by atoms with Crippen LogP contribution in [0.5, 0.6) is 11.5 Å². The molecule has 3 N–H and O–H groups in total. The Bertz CT molecular complexity index is 1550. The van der Waals surface area contributed by atoms with Crippen LogP contribution in [0.1, 0.15) is 34.2 Å². The molecule has 1 saturated heterocycles. The van der Waals surface area contributed by atoms with Crippen molar-refractivity contribution in [2.24, 2.45) is 5.10 Å². The maximum Gasteiger partial charge on any atom is 0.292 e. The van der Waals surface area contributed by atoms with Gasteiger partial charge in [0.2, 0.25) is 11.6 Å².